The van der Waals surface area contributed by atoms with Crippen molar-refractivity contribution in [1.82, 2.24) is 0 Å². The van der Waals surface area contributed by atoms with E-state index >= 15 is 0 Å². The molecule has 0 spiro atoms. The Morgan fingerprint density at radius 2 is 1.42 bits per heavy atom. The molecule has 1 nitrogen and oxygen atoms in total. The molecule has 0 aromatic rings. The van der Waals surface area contributed by atoms with Gasteiger partial charge in [0.25, 0.3) is 0 Å². The largest absolute Gasteiger partial charge is 0.421 e. The van der Waals surface area contributed by atoms with Gasteiger partial charge in [0.15, 0.2) is 0 Å². The lowest BCUT2D eigenvalue weighted by Crippen LogP contribution is -2.41. The molecular formula is C10H18OSi. The highest BCUT2D eigenvalue weighted by atomic mass is 28.2. The third kappa shape index (κ3) is 1.59. The molecule has 2 heteroatoms. The summed E-state index contributed by atoms with van der Waals surface area (Å²) < 4.78 is 5.50. The molecular weight excluding hydrogens is 164 g/mol. The lowest BCUT2D eigenvalue weighted by atomic mass is 9.74. The van der Waals surface area contributed by atoms with Crippen molar-refractivity contribution in [2.24, 2.45) is 5.41 Å². The Hall–Kier alpha value is -0.603. The molecule has 0 unspecified atom stereocenters. The minimum atomic E-state index is -0.325. The molecule has 0 heterocycles. The van der Waals surface area contributed by atoms with Gasteiger partial charge in [0.1, 0.15) is 10.5 Å². The summed E-state index contributed by atoms with van der Waals surface area (Å²) >= 11 is 0. The molecule has 0 fully saturated rings. The van der Waals surface area contributed by atoms with Crippen molar-refractivity contribution >= 4 is 10.5 Å². The van der Waals surface area contributed by atoms with E-state index in [1.165, 1.54) is 0 Å². The summed E-state index contributed by atoms with van der Waals surface area (Å²) in [6.45, 7) is 15.4. The molecule has 0 rings (SSSR count). The molecule has 0 saturated heterocycles. The van der Waals surface area contributed by atoms with Gasteiger partial charge in [-0.05, 0) is 13.8 Å². The van der Waals surface area contributed by atoms with Gasteiger partial charge in [-0.15, -0.1) is 19.7 Å². The third-order valence-electron chi connectivity index (χ3n) is 2.57. The van der Waals surface area contributed by atoms with Crippen LogP contribution in [0.5, 0.6) is 0 Å². The summed E-state index contributed by atoms with van der Waals surface area (Å²) in [4.78, 5) is 0. The van der Waals surface area contributed by atoms with Crippen molar-refractivity contribution in [3.8, 4) is 0 Å². The van der Waals surface area contributed by atoms with Crippen molar-refractivity contribution in [1.29, 1.82) is 0 Å². The smallest absolute Gasteiger partial charge is 0.146 e. The monoisotopic (exact) mass is 182 g/mol. The minimum Gasteiger partial charge on any atom is -0.421 e. The molecule has 0 aliphatic carbocycles. The van der Waals surface area contributed by atoms with Crippen molar-refractivity contribution < 1.29 is 4.43 Å². The maximum absolute atomic E-state index is 5.50. The van der Waals surface area contributed by atoms with Crippen molar-refractivity contribution in [2.75, 3.05) is 0 Å². The van der Waals surface area contributed by atoms with Crippen molar-refractivity contribution in [3.05, 3.63) is 38.0 Å². The fourth-order valence-corrected chi connectivity index (χ4v) is 1.52. The lowest BCUT2D eigenvalue weighted by Gasteiger charge is -2.39. The van der Waals surface area contributed by atoms with Crippen LogP contribution in [0.1, 0.15) is 13.8 Å². The van der Waals surface area contributed by atoms with Gasteiger partial charge in [-0.25, -0.2) is 0 Å². The van der Waals surface area contributed by atoms with Gasteiger partial charge in [-0.3, -0.25) is 0 Å². The first-order valence-electron chi connectivity index (χ1n) is 3.95. The maximum atomic E-state index is 5.50. The molecule has 0 aliphatic heterocycles. The molecule has 0 radical (unpaired) electrons. The van der Waals surface area contributed by atoms with E-state index < -0.39 is 0 Å². The summed E-state index contributed by atoms with van der Waals surface area (Å²) in [5.41, 5.74) is -0.612. The van der Waals surface area contributed by atoms with Crippen LogP contribution >= 0.6 is 0 Å². The van der Waals surface area contributed by atoms with Crippen LogP contribution in [0.4, 0.5) is 0 Å². The number of hydrogen-bond donors (Lipinski definition) is 0. The van der Waals surface area contributed by atoms with E-state index in [-0.39, 0.29) is 11.0 Å². The molecule has 0 aliphatic rings. The van der Waals surface area contributed by atoms with E-state index in [0.717, 1.165) is 0 Å². The Labute approximate surface area is 78.4 Å². The average molecular weight is 182 g/mol. The number of hydrogen-bond acceptors (Lipinski definition) is 1. The summed E-state index contributed by atoms with van der Waals surface area (Å²) in [5, 5.41) is 0. The Bertz CT molecular complexity index is 172. The lowest BCUT2D eigenvalue weighted by molar-refractivity contribution is 0.0592. The summed E-state index contributed by atoms with van der Waals surface area (Å²) in [5.74, 6) is 0. The summed E-state index contributed by atoms with van der Waals surface area (Å²) in [6.07, 6.45) is 5.47. The molecule has 0 atom stereocenters. The van der Waals surface area contributed by atoms with Crippen LogP contribution in [-0.2, 0) is 4.43 Å². The van der Waals surface area contributed by atoms with Gasteiger partial charge in [-0.1, -0.05) is 18.2 Å². The van der Waals surface area contributed by atoms with Gasteiger partial charge >= 0.3 is 0 Å². The molecule has 0 aromatic carbocycles. The fraction of sp³-hybridized carbons (Fsp3) is 0.400. The second-order valence-electron chi connectivity index (χ2n) is 3.26. The average Bonchev–Trinajstić information content (AvgIpc) is 2.08. The first kappa shape index (κ1) is 11.4. The minimum absolute atomic E-state index is 0.287. The first-order valence-corrected chi connectivity index (χ1v) is 4.77. The van der Waals surface area contributed by atoms with Crippen LogP contribution < -0.4 is 0 Å². The predicted octanol–water partition coefficient (Wildman–Crippen LogP) is 1.61. The van der Waals surface area contributed by atoms with E-state index in [1.807, 2.05) is 32.1 Å². The van der Waals surface area contributed by atoms with Gasteiger partial charge < -0.3 is 4.43 Å². The normalized spacial score (nSPS) is 12.5. The van der Waals surface area contributed by atoms with Gasteiger partial charge in [0, 0.05) is 0 Å². The van der Waals surface area contributed by atoms with Crippen LogP contribution in [0, 0.1) is 5.41 Å². The molecule has 68 valence electrons. The fourth-order valence-electron chi connectivity index (χ4n) is 1.16. The second kappa shape index (κ2) is 3.87. The Morgan fingerprint density at radius 3 is 1.50 bits per heavy atom. The molecule has 0 aromatic heterocycles. The Morgan fingerprint density at radius 1 is 1.08 bits per heavy atom. The van der Waals surface area contributed by atoms with E-state index in [4.69, 9.17) is 4.43 Å². The predicted molar refractivity (Wildman–Crippen MR) is 58.1 cm³/mol. The maximum Gasteiger partial charge on any atom is 0.146 e. The van der Waals surface area contributed by atoms with Crippen LogP contribution in [0.3, 0.4) is 0 Å². The highest BCUT2D eigenvalue weighted by molar-refractivity contribution is 5.98. The van der Waals surface area contributed by atoms with Gasteiger partial charge in [0.2, 0.25) is 0 Å². The zero-order chi connectivity index (χ0) is 9.83. The second-order valence-corrected chi connectivity index (χ2v) is 3.67. The van der Waals surface area contributed by atoms with E-state index in [1.54, 1.807) is 0 Å². The summed E-state index contributed by atoms with van der Waals surface area (Å²) in [7, 11) is 0.699. The van der Waals surface area contributed by atoms with Crippen molar-refractivity contribution in [3.63, 3.8) is 0 Å². The highest BCUT2D eigenvalue weighted by Gasteiger charge is 2.37. The van der Waals surface area contributed by atoms with Gasteiger partial charge in [0.05, 0.1) is 11.0 Å². The van der Waals surface area contributed by atoms with Crippen LogP contribution in [0.2, 0.25) is 0 Å². The zero-order valence-electron chi connectivity index (χ0n) is 8.26. The first-order chi connectivity index (χ1) is 5.49. The molecule has 0 amide bonds. The zero-order valence-corrected chi connectivity index (χ0v) is 10.3. The van der Waals surface area contributed by atoms with E-state index in [9.17, 15) is 0 Å². The molecule has 0 saturated carbocycles. The SMILES string of the molecule is C=CC(C=C)(C=C)C(C)(C)O[SiH3]. The summed E-state index contributed by atoms with van der Waals surface area (Å²) in [6, 6.07) is 0. The Kier molecular flexibility index (Phi) is 3.68. The number of rotatable bonds is 5. The van der Waals surface area contributed by atoms with Crippen LogP contribution in [0.25, 0.3) is 0 Å². The van der Waals surface area contributed by atoms with Crippen molar-refractivity contribution in [2.45, 2.75) is 19.4 Å². The topological polar surface area (TPSA) is 9.23 Å². The van der Waals surface area contributed by atoms with Crippen LogP contribution in [-0.4, -0.2) is 16.1 Å². The third-order valence-corrected chi connectivity index (χ3v) is 3.59. The Balaban J connectivity index is 5.08. The highest BCUT2D eigenvalue weighted by Crippen LogP contribution is 2.37. The molecule has 0 bridgehead atoms. The molecule has 0 N–H and O–H groups in total. The van der Waals surface area contributed by atoms with Gasteiger partial charge in [-0.2, -0.15) is 0 Å². The standard InChI is InChI=1S/C10H18OSi/c1-6-10(7-2,8-3)9(4,5)11-12/h6-8H,1-3H2,4-5,12H3. The molecule has 12 heavy (non-hydrogen) atoms. The quantitative estimate of drug-likeness (QED) is 0.463. The van der Waals surface area contributed by atoms with Crippen LogP contribution in [0.15, 0.2) is 38.0 Å². The van der Waals surface area contributed by atoms with E-state index in [0.29, 0.717) is 10.5 Å². The van der Waals surface area contributed by atoms with E-state index in [2.05, 4.69) is 19.7 Å².